The minimum atomic E-state index is -0.588. The monoisotopic (exact) mass is 346 g/mol. The van der Waals surface area contributed by atoms with Crippen LogP contribution in [-0.4, -0.2) is 42.4 Å². The van der Waals surface area contributed by atoms with Crippen LogP contribution in [0.2, 0.25) is 0 Å². The first-order valence-corrected chi connectivity index (χ1v) is 9.06. The Hall–Kier alpha value is -1.92. The molecule has 6 nitrogen and oxygen atoms in total. The quantitative estimate of drug-likeness (QED) is 0.655. The van der Waals surface area contributed by atoms with Gasteiger partial charge in [0, 0.05) is 13.1 Å². The molecular formula is C19H30N4O2. The summed E-state index contributed by atoms with van der Waals surface area (Å²) in [5, 5.41) is 5.41. The molecule has 4 N–H and O–H groups in total. The minimum Gasteiger partial charge on any atom is -0.350 e. The van der Waals surface area contributed by atoms with Gasteiger partial charge in [0.2, 0.25) is 11.8 Å². The highest BCUT2D eigenvalue weighted by atomic mass is 16.2. The fourth-order valence-electron chi connectivity index (χ4n) is 2.89. The number of nitrogens with two attached hydrogens (primary N) is 1. The second-order valence-electron chi connectivity index (χ2n) is 7.07. The first kappa shape index (κ1) is 19.4. The Balaban J connectivity index is 1.74. The lowest BCUT2D eigenvalue weighted by Gasteiger charge is -2.16. The van der Waals surface area contributed by atoms with E-state index >= 15 is 0 Å². The molecule has 1 atom stereocenters. The smallest absolute Gasteiger partial charge is 0.239 e. The van der Waals surface area contributed by atoms with Crippen LogP contribution in [0.15, 0.2) is 24.3 Å². The summed E-state index contributed by atoms with van der Waals surface area (Å²) in [6.45, 7) is 7.45. The largest absolute Gasteiger partial charge is 0.350 e. The van der Waals surface area contributed by atoms with Crippen molar-refractivity contribution in [1.82, 2.24) is 15.5 Å². The van der Waals surface area contributed by atoms with E-state index in [-0.39, 0.29) is 24.3 Å². The van der Waals surface area contributed by atoms with E-state index in [0.717, 1.165) is 12.1 Å². The number of nitrogens with zero attached hydrogens (tertiary/aromatic N) is 1. The molecule has 0 saturated carbocycles. The summed E-state index contributed by atoms with van der Waals surface area (Å²) < 4.78 is 0. The lowest BCUT2D eigenvalue weighted by molar-refractivity contribution is -0.127. The number of hydrogen-bond donors (Lipinski definition) is 3. The maximum absolute atomic E-state index is 11.9. The van der Waals surface area contributed by atoms with Gasteiger partial charge in [-0.2, -0.15) is 0 Å². The Bertz CT molecular complexity index is 583. The second-order valence-corrected chi connectivity index (χ2v) is 7.07. The molecule has 0 aliphatic carbocycles. The van der Waals surface area contributed by atoms with Gasteiger partial charge in [-0.3, -0.25) is 14.5 Å². The van der Waals surface area contributed by atoms with Gasteiger partial charge in [0.05, 0.1) is 12.6 Å². The third kappa shape index (κ3) is 6.48. The van der Waals surface area contributed by atoms with Gasteiger partial charge in [0.15, 0.2) is 0 Å². The van der Waals surface area contributed by atoms with Gasteiger partial charge in [0.1, 0.15) is 0 Å². The predicted molar refractivity (Wildman–Crippen MR) is 98.6 cm³/mol. The molecule has 1 heterocycles. The van der Waals surface area contributed by atoms with Gasteiger partial charge < -0.3 is 16.4 Å². The summed E-state index contributed by atoms with van der Waals surface area (Å²) in [5.41, 5.74) is 8.08. The van der Waals surface area contributed by atoms with E-state index in [1.165, 1.54) is 31.5 Å². The summed E-state index contributed by atoms with van der Waals surface area (Å²) in [4.78, 5) is 26.1. The van der Waals surface area contributed by atoms with Gasteiger partial charge >= 0.3 is 0 Å². The van der Waals surface area contributed by atoms with Crippen molar-refractivity contribution in [3.63, 3.8) is 0 Å². The van der Waals surface area contributed by atoms with E-state index in [2.05, 4.69) is 27.7 Å². The van der Waals surface area contributed by atoms with Crippen molar-refractivity contribution in [2.45, 2.75) is 45.8 Å². The third-order valence-electron chi connectivity index (χ3n) is 4.53. The van der Waals surface area contributed by atoms with Crippen LogP contribution in [0.3, 0.4) is 0 Å². The molecular weight excluding hydrogens is 316 g/mol. The zero-order valence-corrected chi connectivity index (χ0v) is 15.3. The fraction of sp³-hybridized carbons (Fsp3) is 0.579. The van der Waals surface area contributed by atoms with Crippen LogP contribution in [0.1, 0.15) is 37.8 Å². The zero-order chi connectivity index (χ0) is 18.2. The number of carbonyl (C=O) groups is 2. The molecule has 1 aliphatic rings. The molecule has 0 aromatic heterocycles. The maximum atomic E-state index is 11.9. The van der Waals surface area contributed by atoms with E-state index in [9.17, 15) is 9.59 Å². The lowest BCUT2D eigenvalue weighted by atomic mass is 10.1. The van der Waals surface area contributed by atoms with E-state index in [1.54, 1.807) is 0 Å². The van der Waals surface area contributed by atoms with E-state index in [1.807, 2.05) is 26.0 Å². The van der Waals surface area contributed by atoms with Crippen molar-refractivity contribution in [1.29, 1.82) is 0 Å². The predicted octanol–water partition coefficient (Wildman–Crippen LogP) is 0.998. The number of carbonyl (C=O) groups excluding carboxylic acids is 2. The molecule has 138 valence electrons. The molecule has 1 aliphatic heterocycles. The Morgan fingerprint density at radius 2 is 1.84 bits per heavy atom. The van der Waals surface area contributed by atoms with Crippen LogP contribution in [0.5, 0.6) is 0 Å². The van der Waals surface area contributed by atoms with Crippen LogP contribution in [0.4, 0.5) is 0 Å². The fourth-order valence-corrected chi connectivity index (χ4v) is 2.89. The zero-order valence-electron chi connectivity index (χ0n) is 15.3. The molecule has 0 bridgehead atoms. The Morgan fingerprint density at radius 1 is 1.16 bits per heavy atom. The highest BCUT2D eigenvalue weighted by Crippen LogP contribution is 2.13. The van der Waals surface area contributed by atoms with Gasteiger partial charge in [-0.1, -0.05) is 38.1 Å². The Kier molecular flexibility index (Phi) is 7.40. The number of hydrogen-bond acceptors (Lipinski definition) is 4. The van der Waals surface area contributed by atoms with Crippen molar-refractivity contribution in [2.24, 2.45) is 11.7 Å². The Labute approximate surface area is 150 Å². The minimum absolute atomic E-state index is 0.0430. The highest BCUT2D eigenvalue weighted by Gasteiger charge is 2.17. The van der Waals surface area contributed by atoms with Crippen LogP contribution in [0, 0.1) is 5.92 Å². The van der Waals surface area contributed by atoms with E-state index in [0.29, 0.717) is 6.54 Å². The first-order chi connectivity index (χ1) is 12.0. The number of nitrogens with one attached hydrogen (secondary N) is 2. The topological polar surface area (TPSA) is 87.5 Å². The molecule has 1 aromatic carbocycles. The number of benzene rings is 1. The first-order valence-electron chi connectivity index (χ1n) is 9.06. The van der Waals surface area contributed by atoms with E-state index < -0.39 is 6.04 Å². The molecule has 1 fully saturated rings. The van der Waals surface area contributed by atoms with E-state index in [4.69, 9.17) is 5.73 Å². The molecule has 2 rings (SSSR count). The average Bonchev–Trinajstić information content (AvgIpc) is 3.10. The van der Waals surface area contributed by atoms with Gasteiger partial charge in [0.25, 0.3) is 0 Å². The summed E-state index contributed by atoms with van der Waals surface area (Å²) in [6.07, 6.45) is 2.56. The Morgan fingerprint density at radius 3 is 2.52 bits per heavy atom. The lowest BCUT2D eigenvalue weighted by Crippen LogP contribution is -2.47. The van der Waals surface area contributed by atoms with Crippen LogP contribution in [-0.2, 0) is 22.7 Å². The summed E-state index contributed by atoms with van der Waals surface area (Å²) in [6, 6.07) is 7.69. The van der Waals surface area contributed by atoms with Crippen molar-refractivity contribution in [3.05, 3.63) is 35.4 Å². The van der Waals surface area contributed by atoms with Crippen molar-refractivity contribution >= 4 is 11.8 Å². The highest BCUT2D eigenvalue weighted by molar-refractivity contribution is 5.87. The molecule has 25 heavy (non-hydrogen) atoms. The van der Waals surface area contributed by atoms with Crippen LogP contribution in [0.25, 0.3) is 0 Å². The molecule has 0 radical (unpaired) electrons. The normalized spacial score (nSPS) is 16.0. The second kappa shape index (κ2) is 9.53. The molecule has 0 spiro atoms. The third-order valence-corrected chi connectivity index (χ3v) is 4.53. The van der Waals surface area contributed by atoms with Crippen molar-refractivity contribution in [3.8, 4) is 0 Å². The van der Waals surface area contributed by atoms with Crippen molar-refractivity contribution < 1.29 is 9.59 Å². The van der Waals surface area contributed by atoms with Gasteiger partial charge in [-0.05, 0) is 43.0 Å². The number of rotatable bonds is 8. The maximum Gasteiger partial charge on any atom is 0.239 e. The summed E-state index contributed by atoms with van der Waals surface area (Å²) in [7, 11) is 0. The molecule has 1 aromatic rings. The molecule has 0 unspecified atom stereocenters. The average molecular weight is 346 g/mol. The molecule has 6 heteroatoms. The molecule has 2 amide bonds. The van der Waals surface area contributed by atoms with Crippen LogP contribution < -0.4 is 16.4 Å². The number of amides is 2. The van der Waals surface area contributed by atoms with Crippen LogP contribution >= 0.6 is 0 Å². The van der Waals surface area contributed by atoms with Gasteiger partial charge in [-0.25, -0.2) is 0 Å². The summed E-state index contributed by atoms with van der Waals surface area (Å²) >= 11 is 0. The standard InChI is InChI=1S/C19H30N4O2/c1-14(2)18(20)19(25)22-12-17(24)21-11-15-6-5-7-16(10-15)13-23-8-3-4-9-23/h5-7,10,14,18H,3-4,8-9,11-13,20H2,1-2H3,(H,21,24)(H,22,25)/t18-/m0/s1. The summed E-state index contributed by atoms with van der Waals surface area (Å²) in [5.74, 6) is -0.464. The number of likely N-dealkylation sites (tertiary alicyclic amines) is 1. The van der Waals surface area contributed by atoms with Crippen molar-refractivity contribution in [2.75, 3.05) is 19.6 Å². The SMILES string of the molecule is CC(C)[C@H](N)C(=O)NCC(=O)NCc1cccc(CN2CCCC2)c1. The molecule has 1 saturated heterocycles. The van der Waals surface area contributed by atoms with Gasteiger partial charge in [-0.15, -0.1) is 0 Å².